The van der Waals surface area contributed by atoms with Gasteiger partial charge in [-0.2, -0.15) is 0 Å². The van der Waals surface area contributed by atoms with Gasteiger partial charge in [0.2, 0.25) is 0 Å². The number of thiazole rings is 1. The molecule has 7 nitrogen and oxygen atoms in total. The maximum Gasteiger partial charge on any atom is 0.323 e. The van der Waals surface area contributed by atoms with E-state index in [1.54, 1.807) is 0 Å². The summed E-state index contributed by atoms with van der Waals surface area (Å²) in [5.41, 5.74) is 3.96. The van der Waals surface area contributed by atoms with Crippen molar-refractivity contribution in [2.45, 2.75) is 20.3 Å². The Kier molecular flexibility index (Phi) is 4.16. The minimum Gasteiger partial charge on any atom is -0.338 e. The van der Waals surface area contributed by atoms with Gasteiger partial charge in [-0.1, -0.05) is 6.92 Å². The number of nitrogens with one attached hydrogen (secondary N) is 4. The highest BCUT2D eigenvalue weighted by Gasteiger charge is 2.11. The lowest BCUT2D eigenvalue weighted by atomic mass is 10.1. The summed E-state index contributed by atoms with van der Waals surface area (Å²) in [6.07, 6.45) is 0.880. The maximum atomic E-state index is 11.7. The Hall–Kier alpha value is -2.61. The van der Waals surface area contributed by atoms with Crippen LogP contribution in [0.1, 0.15) is 18.9 Å². The number of imidazole rings is 1. The number of aromatic amines is 2. The number of fused-ring (bicyclic) bond motifs is 1. The SMILES string of the molecule is CCCNC(=O)Nc1nc(-c2cc3[nH]c(=O)[nH]c3cc2C)cs1. The van der Waals surface area contributed by atoms with Crippen molar-refractivity contribution in [1.82, 2.24) is 20.3 Å². The van der Waals surface area contributed by atoms with Crippen molar-refractivity contribution < 1.29 is 4.79 Å². The van der Waals surface area contributed by atoms with E-state index in [1.165, 1.54) is 11.3 Å². The molecule has 2 aromatic heterocycles. The normalized spacial score (nSPS) is 10.9. The number of aryl methyl sites for hydroxylation is 1. The minimum atomic E-state index is -0.255. The third-order valence-electron chi connectivity index (χ3n) is 3.40. The molecule has 0 radical (unpaired) electrons. The van der Waals surface area contributed by atoms with E-state index in [9.17, 15) is 9.59 Å². The molecule has 0 spiro atoms. The summed E-state index contributed by atoms with van der Waals surface area (Å²) in [5, 5.41) is 7.88. The lowest BCUT2D eigenvalue weighted by molar-refractivity contribution is 0.252. The number of rotatable bonds is 4. The van der Waals surface area contributed by atoms with Gasteiger partial charge in [0.05, 0.1) is 16.7 Å². The van der Waals surface area contributed by atoms with Crippen LogP contribution in [-0.4, -0.2) is 27.5 Å². The first-order valence-electron chi connectivity index (χ1n) is 7.30. The highest BCUT2D eigenvalue weighted by molar-refractivity contribution is 7.14. The number of carbonyl (C=O) groups is 1. The smallest absolute Gasteiger partial charge is 0.323 e. The quantitative estimate of drug-likeness (QED) is 0.591. The summed E-state index contributed by atoms with van der Waals surface area (Å²) >= 11 is 1.36. The van der Waals surface area contributed by atoms with Crippen LogP contribution in [0.25, 0.3) is 22.3 Å². The molecule has 0 atom stereocenters. The average molecular weight is 331 g/mol. The fraction of sp³-hybridized carbons (Fsp3) is 0.267. The van der Waals surface area contributed by atoms with E-state index < -0.39 is 0 Å². The predicted octanol–water partition coefficient (Wildman–Crippen LogP) is 2.82. The Morgan fingerprint density at radius 3 is 2.78 bits per heavy atom. The number of nitrogens with zero attached hydrogens (tertiary/aromatic N) is 1. The molecule has 0 unspecified atom stereocenters. The second-order valence-electron chi connectivity index (χ2n) is 5.21. The molecule has 23 heavy (non-hydrogen) atoms. The van der Waals surface area contributed by atoms with Crippen molar-refractivity contribution in [3.8, 4) is 11.3 Å². The van der Waals surface area contributed by atoms with Crippen LogP contribution < -0.4 is 16.3 Å². The lowest BCUT2D eigenvalue weighted by Crippen LogP contribution is -2.29. The number of hydrogen-bond acceptors (Lipinski definition) is 4. The number of urea groups is 1. The summed E-state index contributed by atoms with van der Waals surface area (Å²) in [5.74, 6) is 0. The molecule has 0 aliphatic rings. The summed E-state index contributed by atoms with van der Waals surface area (Å²) in [6, 6.07) is 3.54. The summed E-state index contributed by atoms with van der Waals surface area (Å²) in [6.45, 7) is 4.58. The number of aromatic nitrogens is 3. The van der Waals surface area contributed by atoms with Crippen molar-refractivity contribution in [1.29, 1.82) is 0 Å². The fourth-order valence-corrected chi connectivity index (χ4v) is 3.01. The lowest BCUT2D eigenvalue weighted by Gasteiger charge is -2.04. The van der Waals surface area contributed by atoms with Crippen LogP contribution in [0.5, 0.6) is 0 Å². The molecule has 2 amide bonds. The van der Waals surface area contributed by atoms with Crippen LogP contribution >= 0.6 is 11.3 Å². The van der Waals surface area contributed by atoms with Gasteiger partial charge in [0, 0.05) is 17.5 Å². The van der Waals surface area contributed by atoms with Crippen LogP contribution in [0.3, 0.4) is 0 Å². The van der Waals surface area contributed by atoms with Crippen LogP contribution in [0.2, 0.25) is 0 Å². The first-order valence-corrected chi connectivity index (χ1v) is 8.18. The molecule has 4 N–H and O–H groups in total. The zero-order valence-electron chi connectivity index (χ0n) is 12.8. The van der Waals surface area contributed by atoms with E-state index in [0.717, 1.165) is 34.3 Å². The summed E-state index contributed by atoms with van der Waals surface area (Å²) in [7, 11) is 0. The number of H-pyrrole nitrogens is 2. The average Bonchev–Trinajstić information content (AvgIpc) is 3.09. The number of amides is 2. The summed E-state index contributed by atoms with van der Waals surface area (Å²) in [4.78, 5) is 33.0. The van der Waals surface area contributed by atoms with Gasteiger partial charge in [0.25, 0.3) is 0 Å². The van der Waals surface area contributed by atoms with E-state index in [-0.39, 0.29) is 11.7 Å². The molecule has 0 bridgehead atoms. The van der Waals surface area contributed by atoms with Gasteiger partial charge in [0.15, 0.2) is 5.13 Å². The molecular weight excluding hydrogens is 314 g/mol. The van der Waals surface area contributed by atoms with Crippen LogP contribution in [0, 0.1) is 6.92 Å². The van der Waals surface area contributed by atoms with Gasteiger partial charge in [0.1, 0.15) is 0 Å². The van der Waals surface area contributed by atoms with Crippen molar-refractivity contribution in [2.24, 2.45) is 0 Å². The Bertz CT molecular complexity index is 908. The largest absolute Gasteiger partial charge is 0.338 e. The molecule has 8 heteroatoms. The molecule has 120 valence electrons. The zero-order chi connectivity index (χ0) is 16.4. The van der Waals surface area contributed by atoms with Gasteiger partial charge in [-0.15, -0.1) is 11.3 Å². The van der Waals surface area contributed by atoms with Gasteiger partial charge in [-0.05, 0) is 31.0 Å². The van der Waals surface area contributed by atoms with Crippen molar-refractivity contribution in [2.75, 3.05) is 11.9 Å². The van der Waals surface area contributed by atoms with E-state index in [4.69, 9.17) is 0 Å². The van der Waals surface area contributed by atoms with Crippen LogP contribution in [0.4, 0.5) is 9.93 Å². The molecule has 0 aliphatic carbocycles. The van der Waals surface area contributed by atoms with Gasteiger partial charge >= 0.3 is 11.7 Å². The maximum absolute atomic E-state index is 11.7. The zero-order valence-corrected chi connectivity index (χ0v) is 13.6. The van der Waals surface area contributed by atoms with E-state index >= 15 is 0 Å². The molecular formula is C15H17N5O2S. The Labute approximate surface area is 136 Å². The standard InChI is InChI=1S/C15H17N5O2S/c1-3-4-16-13(21)20-15-19-12(7-23-15)9-6-11-10(5-8(9)2)17-14(22)18-11/h5-7H,3-4H2,1-2H3,(H2,17,18,22)(H2,16,19,20,21). The highest BCUT2D eigenvalue weighted by Crippen LogP contribution is 2.29. The van der Waals surface area contributed by atoms with Gasteiger partial charge in [-0.3, -0.25) is 5.32 Å². The van der Waals surface area contributed by atoms with Crippen molar-refractivity contribution in [3.05, 3.63) is 33.6 Å². The van der Waals surface area contributed by atoms with Crippen LogP contribution in [0.15, 0.2) is 22.3 Å². The van der Waals surface area contributed by atoms with Crippen molar-refractivity contribution in [3.63, 3.8) is 0 Å². The Morgan fingerprint density at radius 2 is 2.04 bits per heavy atom. The predicted molar refractivity (Wildman–Crippen MR) is 92.1 cm³/mol. The van der Waals surface area contributed by atoms with E-state index in [1.807, 2.05) is 31.4 Å². The first-order chi connectivity index (χ1) is 11.1. The first kappa shape index (κ1) is 15.3. The Morgan fingerprint density at radius 1 is 1.30 bits per heavy atom. The molecule has 2 heterocycles. The fourth-order valence-electron chi connectivity index (χ4n) is 2.30. The topological polar surface area (TPSA) is 103 Å². The van der Waals surface area contributed by atoms with Crippen molar-refractivity contribution >= 4 is 33.5 Å². The number of hydrogen-bond donors (Lipinski definition) is 4. The van der Waals surface area contributed by atoms with Crippen LogP contribution in [-0.2, 0) is 0 Å². The third kappa shape index (κ3) is 3.26. The summed E-state index contributed by atoms with van der Waals surface area (Å²) < 4.78 is 0. The molecule has 3 aromatic rings. The highest BCUT2D eigenvalue weighted by atomic mass is 32.1. The second kappa shape index (κ2) is 6.25. The number of benzene rings is 1. The Balaban J connectivity index is 1.86. The molecule has 1 aromatic carbocycles. The molecule has 3 rings (SSSR count). The van der Waals surface area contributed by atoms with E-state index in [2.05, 4.69) is 25.6 Å². The minimum absolute atomic E-state index is 0.232. The second-order valence-corrected chi connectivity index (χ2v) is 6.07. The van der Waals surface area contributed by atoms with E-state index in [0.29, 0.717) is 11.7 Å². The molecule has 0 saturated carbocycles. The molecule has 0 aliphatic heterocycles. The number of carbonyl (C=O) groups excluding carboxylic acids is 1. The monoisotopic (exact) mass is 331 g/mol. The van der Waals surface area contributed by atoms with Gasteiger partial charge < -0.3 is 15.3 Å². The molecule has 0 saturated heterocycles. The third-order valence-corrected chi connectivity index (χ3v) is 4.15. The molecule has 0 fully saturated rings. The van der Waals surface area contributed by atoms with Gasteiger partial charge in [-0.25, -0.2) is 14.6 Å². The number of anilines is 1.